The van der Waals surface area contributed by atoms with Crippen molar-refractivity contribution in [2.24, 2.45) is 0 Å². The van der Waals surface area contributed by atoms with Crippen LogP contribution in [-0.2, 0) is 18.6 Å². The Balaban J connectivity index is 1.51. The van der Waals surface area contributed by atoms with Gasteiger partial charge in [0.05, 0.1) is 18.0 Å². The minimum absolute atomic E-state index is 0.0121. The van der Waals surface area contributed by atoms with E-state index in [0.29, 0.717) is 11.5 Å². The lowest BCUT2D eigenvalue weighted by molar-refractivity contribution is -0.149. The third-order valence-corrected chi connectivity index (χ3v) is 8.63. The van der Waals surface area contributed by atoms with Crippen LogP contribution in [0.25, 0.3) is 0 Å². The summed E-state index contributed by atoms with van der Waals surface area (Å²) in [6.07, 6.45) is -2.57. The lowest BCUT2D eigenvalue weighted by Gasteiger charge is -2.25. The molecule has 2 aromatic rings. The molecule has 1 fully saturated rings. The van der Waals surface area contributed by atoms with Gasteiger partial charge in [-0.3, -0.25) is 13.9 Å². The van der Waals surface area contributed by atoms with E-state index in [1.807, 2.05) is 0 Å². The molecule has 2 aliphatic heterocycles. The summed E-state index contributed by atoms with van der Waals surface area (Å²) in [5, 5.41) is 11.0. The monoisotopic (exact) mass is 574 g/mol. The zero-order valence-corrected chi connectivity index (χ0v) is 22.4. The molecule has 3 heterocycles. The third-order valence-electron chi connectivity index (χ3n) is 5.46. The van der Waals surface area contributed by atoms with Crippen molar-refractivity contribution in [3.63, 3.8) is 0 Å². The number of hydrogen-bond donors (Lipinski definition) is 3. The number of rotatable bonds is 10. The minimum atomic E-state index is -4.32. The number of anilines is 1. The Morgan fingerprint density at radius 3 is 2.79 bits per heavy atom. The number of nitrogens with zero attached hydrogens (tertiary/aromatic N) is 2. The molecular formula is C22H28FN4O9PS. The number of carbonyl (C=O) groups excluding carboxylic acids is 1. The Hall–Kier alpha value is -2.84. The van der Waals surface area contributed by atoms with Gasteiger partial charge in [-0.1, -0.05) is 0 Å². The molecule has 16 heteroatoms. The first-order chi connectivity index (χ1) is 18.0. The summed E-state index contributed by atoms with van der Waals surface area (Å²) in [5.74, 6) is 0.173. The first kappa shape index (κ1) is 28.2. The second-order valence-electron chi connectivity index (χ2n) is 8.78. The molecule has 0 aliphatic carbocycles. The Kier molecular flexibility index (Phi) is 8.52. The molecule has 0 bridgehead atoms. The number of carbonyl (C=O) groups is 1. The zero-order chi connectivity index (χ0) is 27.6. The van der Waals surface area contributed by atoms with Crippen molar-refractivity contribution in [1.29, 1.82) is 0 Å². The normalized spacial score (nSPS) is 24.7. The Labute approximate surface area is 221 Å². The maximum absolute atomic E-state index is 15.0. The van der Waals surface area contributed by atoms with E-state index in [-0.39, 0.29) is 18.4 Å². The van der Waals surface area contributed by atoms with Gasteiger partial charge in [0, 0.05) is 12.3 Å². The second-order valence-corrected chi connectivity index (χ2v) is 11.8. The summed E-state index contributed by atoms with van der Waals surface area (Å²) < 4.78 is 56.7. The van der Waals surface area contributed by atoms with Crippen LogP contribution in [0.5, 0.6) is 17.2 Å². The fourth-order valence-corrected chi connectivity index (χ4v) is 6.67. The van der Waals surface area contributed by atoms with E-state index in [4.69, 9.17) is 29.0 Å². The quantitative estimate of drug-likeness (QED) is 0.278. The number of fused-ring (bicyclic) bond motifs is 1. The van der Waals surface area contributed by atoms with Gasteiger partial charge >= 0.3 is 19.4 Å². The summed E-state index contributed by atoms with van der Waals surface area (Å²) in [6, 6.07) is 4.67. The Bertz CT molecular complexity index is 1280. The number of aromatic nitrogens is 2. The van der Waals surface area contributed by atoms with Gasteiger partial charge in [-0.15, -0.1) is 11.8 Å². The number of thioether (sulfide) groups is 1. The van der Waals surface area contributed by atoms with Crippen molar-refractivity contribution in [2.75, 3.05) is 19.1 Å². The Morgan fingerprint density at radius 1 is 1.34 bits per heavy atom. The number of nitrogens with one attached hydrogen (secondary N) is 1. The average Bonchev–Trinajstić information content (AvgIpc) is 3.42. The highest BCUT2D eigenvalue weighted by atomic mass is 32.2. The van der Waals surface area contributed by atoms with E-state index in [1.165, 1.54) is 31.3 Å². The summed E-state index contributed by atoms with van der Waals surface area (Å²) in [4.78, 5) is 28.1. The van der Waals surface area contributed by atoms with Gasteiger partial charge in [0.1, 0.15) is 29.1 Å². The van der Waals surface area contributed by atoms with E-state index in [1.54, 1.807) is 19.9 Å². The number of nitrogens with two attached hydrogens (primary N) is 1. The fraction of sp³-hybridized carbons (Fsp3) is 0.500. The molecule has 0 spiro atoms. The predicted octanol–water partition coefficient (Wildman–Crippen LogP) is 2.00. The molecule has 38 heavy (non-hydrogen) atoms. The number of hydrogen-bond acceptors (Lipinski definition) is 12. The van der Waals surface area contributed by atoms with Crippen LogP contribution >= 0.6 is 19.5 Å². The molecule has 13 nitrogen and oxygen atoms in total. The molecule has 208 valence electrons. The van der Waals surface area contributed by atoms with Crippen LogP contribution in [-0.4, -0.2) is 63.7 Å². The smallest absolute Gasteiger partial charge is 0.459 e. The van der Waals surface area contributed by atoms with Crippen LogP contribution in [0, 0.1) is 0 Å². The van der Waals surface area contributed by atoms with E-state index in [2.05, 4.69) is 10.1 Å². The zero-order valence-electron chi connectivity index (χ0n) is 20.7. The fourth-order valence-electron chi connectivity index (χ4n) is 3.64. The number of benzene rings is 1. The third kappa shape index (κ3) is 6.41. The average molecular weight is 575 g/mol. The highest BCUT2D eigenvalue weighted by Gasteiger charge is 2.46. The standard InChI is InChI=1S/C22H28FN4O9PS/c1-11(2)35-21(29)12(3)26-37(31,36-13-4-5-14-15(8-13)33-10-32-14)34-9-16-19(28)18(23)20(38-16)27-7-6-17(24)25-22(27)30/h4-8,11-12,16,18-20,28H,9-10H2,1-3H3,(H,26,31)(H2,24,25,30)/t12-,16+,18-,19+,20+,37-/m0/s1. The van der Waals surface area contributed by atoms with Crippen molar-refractivity contribution in [1.82, 2.24) is 14.6 Å². The highest BCUT2D eigenvalue weighted by Crippen LogP contribution is 2.50. The number of alkyl halides is 1. The Morgan fingerprint density at radius 2 is 2.08 bits per heavy atom. The van der Waals surface area contributed by atoms with Gasteiger partial charge in [0.2, 0.25) is 6.79 Å². The lowest BCUT2D eigenvalue weighted by atomic mass is 10.1. The predicted molar refractivity (Wildman–Crippen MR) is 135 cm³/mol. The van der Waals surface area contributed by atoms with Crippen molar-refractivity contribution < 1.29 is 42.1 Å². The highest BCUT2D eigenvalue weighted by molar-refractivity contribution is 8.00. The van der Waals surface area contributed by atoms with Crippen molar-refractivity contribution in [3.05, 3.63) is 40.9 Å². The first-order valence-corrected chi connectivity index (χ1v) is 14.1. The SMILES string of the molecule is CC(C)OC(=O)[C@H](C)N[P@](=O)(OC[C@H]1S[C@@H](n2ccc(N)nc2=O)[C@@H](F)[C@@H]1O)Oc1ccc2c(c1)OCO2. The van der Waals surface area contributed by atoms with E-state index < -0.39 is 61.1 Å². The number of nitrogen functional groups attached to an aromatic ring is 1. The van der Waals surface area contributed by atoms with Gasteiger partial charge in [-0.25, -0.2) is 13.8 Å². The maximum Gasteiger partial charge on any atom is 0.459 e. The number of ether oxygens (including phenoxy) is 3. The van der Waals surface area contributed by atoms with Crippen LogP contribution in [0.15, 0.2) is 35.3 Å². The van der Waals surface area contributed by atoms with E-state index in [9.17, 15) is 23.7 Å². The number of aliphatic hydroxyl groups is 1. The molecule has 0 radical (unpaired) electrons. The van der Waals surface area contributed by atoms with Gasteiger partial charge < -0.3 is 29.6 Å². The van der Waals surface area contributed by atoms with Gasteiger partial charge in [0.25, 0.3) is 0 Å². The molecule has 6 atom stereocenters. The maximum atomic E-state index is 15.0. The second kappa shape index (κ2) is 11.5. The van der Waals surface area contributed by atoms with Crippen molar-refractivity contribution >= 4 is 31.3 Å². The number of halogens is 1. The van der Waals surface area contributed by atoms with E-state index in [0.717, 1.165) is 16.3 Å². The molecule has 1 aromatic heterocycles. The molecular weight excluding hydrogens is 546 g/mol. The van der Waals surface area contributed by atoms with Gasteiger partial charge in [-0.2, -0.15) is 10.1 Å². The van der Waals surface area contributed by atoms with Crippen LogP contribution in [0.4, 0.5) is 10.2 Å². The first-order valence-electron chi connectivity index (χ1n) is 11.6. The van der Waals surface area contributed by atoms with Crippen molar-refractivity contribution in [3.8, 4) is 17.2 Å². The van der Waals surface area contributed by atoms with Crippen LogP contribution in [0.1, 0.15) is 26.1 Å². The molecule has 1 saturated heterocycles. The summed E-state index contributed by atoms with van der Waals surface area (Å²) in [7, 11) is -4.32. The topological polar surface area (TPSA) is 173 Å². The molecule has 4 rings (SSSR count). The summed E-state index contributed by atoms with van der Waals surface area (Å²) >= 11 is 0.896. The molecule has 0 unspecified atom stereocenters. The number of aliphatic hydroxyl groups excluding tert-OH is 1. The lowest BCUT2D eigenvalue weighted by Crippen LogP contribution is -2.37. The minimum Gasteiger partial charge on any atom is -0.462 e. The van der Waals surface area contributed by atoms with Gasteiger partial charge in [-0.05, 0) is 39.0 Å². The van der Waals surface area contributed by atoms with Crippen molar-refractivity contribution in [2.45, 2.75) is 55.8 Å². The molecule has 2 aliphatic rings. The molecule has 0 saturated carbocycles. The largest absolute Gasteiger partial charge is 0.462 e. The van der Waals surface area contributed by atoms with Crippen LogP contribution in [0.3, 0.4) is 0 Å². The van der Waals surface area contributed by atoms with Crippen LogP contribution < -0.4 is 30.5 Å². The molecule has 4 N–H and O–H groups in total. The molecule has 0 amide bonds. The summed E-state index contributed by atoms with van der Waals surface area (Å²) in [5.41, 5.74) is 4.72. The van der Waals surface area contributed by atoms with Gasteiger partial charge in [0.15, 0.2) is 17.7 Å². The molecule has 1 aromatic carbocycles. The number of esters is 1. The van der Waals surface area contributed by atoms with E-state index >= 15 is 0 Å². The summed E-state index contributed by atoms with van der Waals surface area (Å²) in [6.45, 7) is 4.29. The van der Waals surface area contributed by atoms with Crippen LogP contribution in [0.2, 0.25) is 0 Å².